The van der Waals surface area contributed by atoms with Crippen LogP contribution in [0.1, 0.15) is 36.7 Å². The van der Waals surface area contributed by atoms with Crippen LogP contribution in [0, 0.1) is 5.92 Å². The summed E-state index contributed by atoms with van der Waals surface area (Å²) in [7, 11) is 0. The lowest BCUT2D eigenvalue weighted by Crippen LogP contribution is -2.51. The van der Waals surface area contributed by atoms with E-state index >= 15 is 0 Å². The first-order valence-corrected chi connectivity index (χ1v) is 11.2. The number of hydrogen-bond acceptors (Lipinski definition) is 5. The largest absolute Gasteiger partial charge is 0.465 e. The lowest BCUT2D eigenvalue weighted by atomic mass is 9.82. The van der Waals surface area contributed by atoms with Crippen molar-refractivity contribution in [2.24, 2.45) is 10.9 Å². The summed E-state index contributed by atoms with van der Waals surface area (Å²) in [5.41, 5.74) is 0.208. The van der Waals surface area contributed by atoms with Crippen molar-refractivity contribution in [3.63, 3.8) is 0 Å². The van der Waals surface area contributed by atoms with Gasteiger partial charge in [-0.3, -0.25) is 14.7 Å². The number of amidine groups is 1. The van der Waals surface area contributed by atoms with E-state index in [1.807, 2.05) is 51.1 Å². The average molecular weight is 439 g/mol. The van der Waals surface area contributed by atoms with Gasteiger partial charge in [-0.2, -0.15) is 0 Å². The molecular formula is C23H26N4O3S. The van der Waals surface area contributed by atoms with Gasteiger partial charge in [0, 0.05) is 47.3 Å². The molecule has 1 saturated heterocycles. The fraction of sp³-hybridized carbons (Fsp3) is 0.391. The quantitative estimate of drug-likeness (QED) is 0.768. The Morgan fingerprint density at radius 3 is 2.55 bits per heavy atom. The van der Waals surface area contributed by atoms with E-state index in [4.69, 9.17) is 4.99 Å². The Labute approximate surface area is 186 Å². The summed E-state index contributed by atoms with van der Waals surface area (Å²) in [5, 5.41) is 10.3. The minimum atomic E-state index is -0.951. The topological polar surface area (TPSA) is 86.1 Å². The second-order valence-electron chi connectivity index (χ2n) is 8.91. The highest BCUT2D eigenvalue weighted by molar-refractivity contribution is 8.13. The molecule has 162 valence electrons. The molecule has 0 aliphatic carbocycles. The van der Waals surface area contributed by atoms with E-state index in [1.54, 1.807) is 29.4 Å². The Kier molecular flexibility index (Phi) is 5.51. The zero-order valence-corrected chi connectivity index (χ0v) is 18.7. The standard InChI is InChI=1S/C23H26N4O3S/c1-22(2,3)27(19(28)16-8-5-4-6-9-16)20-25-23(17-10-7-11-24-12-17)15-26(21(29)30)13-18(23)14-31-20/h4-12,18H,13-15H2,1-3H3,(H,29,30)/t18-,23+/m0/s1. The number of fused-ring (bicyclic) bond motifs is 1. The van der Waals surface area contributed by atoms with Crippen molar-refractivity contribution in [3.05, 3.63) is 66.0 Å². The van der Waals surface area contributed by atoms with Gasteiger partial charge in [-0.25, -0.2) is 9.79 Å². The molecule has 0 unspecified atom stereocenters. The van der Waals surface area contributed by atoms with Crippen LogP contribution in [-0.2, 0) is 5.54 Å². The number of hydrogen-bond donors (Lipinski definition) is 1. The summed E-state index contributed by atoms with van der Waals surface area (Å²) in [6, 6.07) is 13.0. The van der Waals surface area contributed by atoms with Gasteiger partial charge in [0.05, 0.1) is 6.54 Å². The highest BCUT2D eigenvalue weighted by Crippen LogP contribution is 2.46. The summed E-state index contributed by atoms with van der Waals surface area (Å²) < 4.78 is 0. The number of likely N-dealkylation sites (tertiary alicyclic amines) is 1. The lowest BCUT2D eigenvalue weighted by molar-refractivity contribution is 0.0751. The summed E-state index contributed by atoms with van der Waals surface area (Å²) in [6.45, 7) is 6.62. The van der Waals surface area contributed by atoms with E-state index < -0.39 is 17.2 Å². The molecule has 1 aromatic carbocycles. The molecule has 1 N–H and O–H groups in total. The van der Waals surface area contributed by atoms with Crippen molar-refractivity contribution in [3.8, 4) is 0 Å². The number of carbonyl (C=O) groups excluding carboxylic acids is 1. The van der Waals surface area contributed by atoms with Gasteiger partial charge in [-0.1, -0.05) is 36.0 Å². The third-order valence-electron chi connectivity index (χ3n) is 5.77. The van der Waals surface area contributed by atoms with E-state index in [0.717, 1.165) is 5.56 Å². The van der Waals surface area contributed by atoms with Gasteiger partial charge in [0.25, 0.3) is 5.91 Å². The zero-order valence-electron chi connectivity index (χ0n) is 17.9. The van der Waals surface area contributed by atoms with Gasteiger partial charge in [0.1, 0.15) is 5.54 Å². The molecule has 2 aliphatic rings. The van der Waals surface area contributed by atoms with Crippen molar-refractivity contribution in [1.82, 2.24) is 14.8 Å². The molecule has 2 aliphatic heterocycles. The van der Waals surface area contributed by atoms with Crippen LogP contribution >= 0.6 is 11.8 Å². The number of rotatable bonds is 2. The van der Waals surface area contributed by atoms with E-state index in [2.05, 4.69) is 4.98 Å². The van der Waals surface area contributed by atoms with E-state index in [-0.39, 0.29) is 18.4 Å². The molecule has 0 saturated carbocycles. The Bertz CT molecular complexity index is 1010. The molecule has 31 heavy (non-hydrogen) atoms. The molecule has 0 radical (unpaired) electrons. The maximum Gasteiger partial charge on any atom is 0.407 e. The van der Waals surface area contributed by atoms with Crippen LogP contribution < -0.4 is 0 Å². The maximum absolute atomic E-state index is 13.5. The molecule has 0 bridgehead atoms. The first-order chi connectivity index (χ1) is 14.7. The number of carboxylic acid groups (broad SMARTS) is 1. The number of benzene rings is 1. The van der Waals surface area contributed by atoms with Gasteiger partial charge >= 0.3 is 6.09 Å². The third-order valence-corrected chi connectivity index (χ3v) is 6.88. The number of nitrogens with zero attached hydrogens (tertiary/aromatic N) is 4. The fourth-order valence-corrected chi connectivity index (χ4v) is 5.70. The molecule has 1 fully saturated rings. The summed E-state index contributed by atoms with van der Waals surface area (Å²) in [4.78, 5) is 37.8. The highest BCUT2D eigenvalue weighted by Gasteiger charge is 2.53. The van der Waals surface area contributed by atoms with Crippen LogP contribution in [0.3, 0.4) is 0 Å². The van der Waals surface area contributed by atoms with E-state index in [9.17, 15) is 14.7 Å². The smallest absolute Gasteiger partial charge is 0.407 e. The monoisotopic (exact) mass is 438 g/mol. The van der Waals surface area contributed by atoms with Crippen molar-refractivity contribution in [1.29, 1.82) is 0 Å². The first-order valence-electron chi connectivity index (χ1n) is 10.2. The fourth-order valence-electron chi connectivity index (χ4n) is 4.26. The molecule has 4 rings (SSSR count). The Hall–Kier alpha value is -2.87. The number of thioether (sulfide) groups is 1. The first kappa shape index (κ1) is 21.4. The second-order valence-corrected chi connectivity index (χ2v) is 9.90. The van der Waals surface area contributed by atoms with Crippen LogP contribution in [0.5, 0.6) is 0 Å². The van der Waals surface area contributed by atoms with Gasteiger partial charge in [-0.05, 0) is 39.0 Å². The maximum atomic E-state index is 13.5. The molecule has 7 nitrogen and oxygen atoms in total. The molecule has 0 spiro atoms. The predicted octanol–water partition coefficient (Wildman–Crippen LogP) is 3.93. The van der Waals surface area contributed by atoms with Crippen LogP contribution in [0.2, 0.25) is 0 Å². The predicted molar refractivity (Wildman–Crippen MR) is 121 cm³/mol. The van der Waals surface area contributed by atoms with E-state index in [0.29, 0.717) is 23.0 Å². The SMILES string of the molecule is CC(C)(C)N(C(=O)c1ccccc1)C1=N[C@@]2(c3cccnc3)CN(C(=O)O)C[C@H]2CS1. The van der Waals surface area contributed by atoms with Crippen LogP contribution in [0.25, 0.3) is 0 Å². The third kappa shape index (κ3) is 3.92. The zero-order chi connectivity index (χ0) is 22.2. The van der Waals surface area contributed by atoms with Crippen LogP contribution in [0.4, 0.5) is 4.79 Å². The second kappa shape index (κ2) is 8.00. The van der Waals surface area contributed by atoms with Crippen LogP contribution in [-0.4, -0.2) is 61.4 Å². The van der Waals surface area contributed by atoms with Gasteiger partial charge in [-0.15, -0.1) is 0 Å². The molecule has 2 aromatic rings. The molecule has 1 aromatic heterocycles. The Morgan fingerprint density at radius 1 is 1.19 bits per heavy atom. The average Bonchev–Trinajstić information content (AvgIpc) is 3.15. The lowest BCUT2D eigenvalue weighted by Gasteiger charge is -2.42. The summed E-state index contributed by atoms with van der Waals surface area (Å²) >= 11 is 1.52. The van der Waals surface area contributed by atoms with Gasteiger partial charge < -0.3 is 10.0 Å². The number of aromatic nitrogens is 1. The Balaban J connectivity index is 1.82. The van der Waals surface area contributed by atoms with Crippen molar-refractivity contribution < 1.29 is 14.7 Å². The normalized spacial score (nSPS) is 23.1. The molecule has 2 amide bonds. The number of amides is 2. The minimum Gasteiger partial charge on any atom is -0.465 e. The molecular weight excluding hydrogens is 412 g/mol. The molecule has 2 atom stereocenters. The summed E-state index contributed by atoms with van der Waals surface area (Å²) in [5.74, 6) is 0.564. The Morgan fingerprint density at radius 2 is 1.94 bits per heavy atom. The highest BCUT2D eigenvalue weighted by atomic mass is 32.2. The van der Waals surface area contributed by atoms with E-state index in [1.165, 1.54) is 16.7 Å². The van der Waals surface area contributed by atoms with Gasteiger partial charge in [0.2, 0.25) is 0 Å². The summed E-state index contributed by atoms with van der Waals surface area (Å²) in [6.07, 6.45) is 2.50. The minimum absolute atomic E-state index is 0.00944. The molecule has 8 heteroatoms. The van der Waals surface area contributed by atoms with Crippen LogP contribution in [0.15, 0.2) is 59.9 Å². The van der Waals surface area contributed by atoms with Gasteiger partial charge in [0.15, 0.2) is 5.17 Å². The number of carbonyl (C=O) groups is 2. The number of pyridine rings is 1. The van der Waals surface area contributed by atoms with Crippen molar-refractivity contribution in [2.45, 2.75) is 31.8 Å². The van der Waals surface area contributed by atoms with Crippen molar-refractivity contribution >= 4 is 28.9 Å². The molecule has 3 heterocycles. The van der Waals surface area contributed by atoms with Crippen molar-refractivity contribution in [2.75, 3.05) is 18.8 Å². The number of aliphatic imine (C=N–C) groups is 1.